The first-order valence-electron chi connectivity index (χ1n) is 5.83. The zero-order valence-electron chi connectivity index (χ0n) is 10.3. The number of phenolic OH excluding ortho intramolecular Hbond substituents is 2. The van der Waals surface area contributed by atoms with E-state index in [0.29, 0.717) is 6.42 Å². The number of nitrogens with one attached hydrogen (secondary N) is 1. The number of hydrogen-bond donors (Lipinski definition) is 4. The Morgan fingerprint density at radius 1 is 1.33 bits per heavy atom. The Kier molecular flexibility index (Phi) is 2.94. The quantitative estimate of drug-likeness (QED) is 0.590. The number of phenols is 2. The summed E-state index contributed by atoms with van der Waals surface area (Å²) < 4.78 is 0. The van der Waals surface area contributed by atoms with Gasteiger partial charge in [0.15, 0.2) is 11.5 Å². The number of hydrogen-bond acceptors (Lipinski definition) is 4. The lowest BCUT2D eigenvalue weighted by atomic mass is 9.64. The van der Waals surface area contributed by atoms with Crippen LogP contribution in [0, 0.1) is 5.41 Å². The van der Waals surface area contributed by atoms with Gasteiger partial charge in [0.1, 0.15) is 0 Å². The van der Waals surface area contributed by atoms with E-state index in [-0.39, 0.29) is 34.4 Å². The minimum Gasteiger partial charge on any atom is -0.504 e. The maximum Gasteiger partial charge on any atom is 0.251 e. The molecule has 0 aliphatic heterocycles. The van der Waals surface area contributed by atoms with Crippen LogP contribution in [0.3, 0.4) is 0 Å². The molecule has 4 N–H and O–H groups in total. The van der Waals surface area contributed by atoms with Gasteiger partial charge in [-0.1, -0.05) is 13.8 Å². The minimum atomic E-state index is -0.406. The van der Waals surface area contributed by atoms with E-state index in [1.54, 1.807) is 0 Å². The fraction of sp³-hybridized carbons (Fsp3) is 0.462. The molecule has 1 saturated carbocycles. The monoisotopic (exact) mass is 251 g/mol. The zero-order valence-corrected chi connectivity index (χ0v) is 10.3. The summed E-state index contributed by atoms with van der Waals surface area (Å²) in [5.41, 5.74) is -0.0586. The van der Waals surface area contributed by atoms with Crippen molar-refractivity contribution in [1.82, 2.24) is 5.32 Å². The van der Waals surface area contributed by atoms with Gasteiger partial charge in [-0.3, -0.25) is 4.79 Å². The van der Waals surface area contributed by atoms with Crippen molar-refractivity contribution in [3.63, 3.8) is 0 Å². The fourth-order valence-corrected chi connectivity index (χ4v) is 2.05. The van der Waals surface area contributed by atoms with E-state index in [9.17, 15) is 15.0 Å². The van der Waals surface area contributed by atoms with Crippen molar-refractivity contribution in [2.75, 3.05) is 0 Å². The molecule has 1 aliphatic carbocycles. The van der Waals surface area contributed by atoms with Crippen molar-refractivity contribution in [3.05, 3.63) is 23.8 Å². The summed E-state index contributed by atoms with van der Waals surface area (Å²) in [4.78, 5) is 11.9. The largest absolute Gasteiger partial charge is 0.504 e. The average Bonchev–Trinajstić information content (AvgIpc) is 2.32. The predicted molar refractivity (Wildman–Crippen MR) is 65.4 cm³/mol. The van der Waals surface area contributed by atoms with Gasteiger partial charge in [0.2, 0.25) is 0 Å². The van der Waals surface area contributed by atoms with Crippen LogP contribution < -0.4 is 5.32 Å². The van der Waals surface area contributed by atoms with Crippen LogP contribution in [0.15, 0.2) is 18.2 Å². The molecule has 1 fully saturated rings. The lowest BCUT2D eigenvalue weighted by molar-refractivity contribution is -0.0689. The Balaban J connectivity index is 2.07. The Bertz CT molecular complexity index is 484. The van der Waals surface area contributed by atoms with Crippen molar-refractivity contribution in [2.24, 2.45) is 5.41 Å². The molecule has 1 aromatic carbocycles. The Hall–Kier alpha value is -1.75. The topological polar surface area (TPSA) is 89.8 Å². The van der Waals surface area contributed by atoms with Crippen LogP contribution in [0.25, 0.3) is 0 Å². The highest BCUT2D eigenvalue weighted by Crippen LogP contribution is 2.40. The molecule has 2 unspecified atom stereocenters. The molecular weight excluding hydrogens is 234 g/mol. The van der Waals surface area contributed by atoms with Crippen molar-refractivity contribution >= 4 is 5.91 Å². The van der Waals surface area contributed by atoms with Gasteiger partial charge < -0.3 is 20.6 Å². The number of aromatic hydroxyl groups is 2. The number of amides is 1. The predicted octanol–water partition coefficient (Wildman–Crippen LogP) is 0.987. The van der Waals surface area contributed by atoms with Gasteiger partial charge in [0.25, 0.3) is 5.91 Å². The third kappa shape index (κ3) is 2.01. The number of carbonyl (C=O) groups is 1. The number of carbonyl (C=O) groups excluding carboxylic acids is 1. The van der Waals surface area contributed by atoms with E-state index in [1.165, 1.54) is 18.2 Å². The molecule has 0 bridgehead atoms. The van der Waals surface area contributed by atoms with Gasteiger partial charge in [-0.2, -0.15) is 0 Å². The van der Waals surface area contributed by atoms with Crippen LogP contribution in [0.2, 0.25) is 0 Å². The molecule has 1 aliphatic rings. The molecule has 18 heavy (non-hydrogen) atoms. The molecular formula is C13H17NO4. The minimum absolute atomic E-state index is 0.0871. The van der Waals surface area contributed by atoms with E-state index < -0.39 is 6.10 Å². The highest BCUT2D eigenvalue weighted by atomic mass is 16.3. The first-order valence-corrected chi connectivity index (χ1v) is 5.83. The second-order valence-electron chi connectivity index (χ2n) is 5.30. The van der Waals surface area contributed by atoms with Crippen LogP contribution in [0.4, 0.5) is 0 Å². The molecule has 0 saturated heterocycles. The van der Waals surface area contributed by atoms with E-state index >= 15 is 0 Å². The van der Waals surface area contributed by atoms with Crippen molar-refractivity contribution in [2.45, 2.75) is 32.4 Å². The van der Waals surface area contributed by atoms with Gasteiger partial charge >= 0.3 is 0 Å². The van der Waals surface area contributed by atoms with Crippen molar-refractivity contribution in [3.8, 4) is 11.5 Å². The van der Waals surface area contributed by atoms with E-state index in [0.717, 1.165) is 0 Å². The van der Waals surface area contributed by atoms with Crippen LogP contribution in [-0.2, 0) is 0 Å². The Labute approximate surface area is 105 Å². The SMILES string of the molecule is CC1(C)C(O)CC1NC(=O)c1ccc(O)c(O)c1. The van der Waals surface area contributed by atoms with Gasteiger partial charge in [-0.25, -0.2) is 0 Å². The van der Waals surface area contributed by atoms with E-state index in [2.05, 4.69) is 5.32 Å². The smallest absolute Gasteiger partial charge is 0.251 e. The molecule has 0 spiro atoms. The zero-order chi connectivity index (χ0) is 13.5. The van der Waals surface area contributed by atoms with Gasteiger partial charge in [0, 0.05) is 17.0 Å². The molecule has 2 atom stereocenters. The average molecular weight is 251 g/mol. The highest BCUT2D eigenvalue weighted by Gasteiger charge is 2.47. The summed E-state index contributed by atoms with van der Waals surface area (Å²) in [6.45, 7) is 3.78. The molecule has 0 radical (unpaired) electrons. The molecule has 0 aromatic heterocycles. The second kappa shape index (κ2) is 4.17. The second-order valence-corrected chi connectivity index (χ2v) is 5.30. The van der Waals surface area contributed by atoms with Crippen LogP contribution in [0.1, 0.15) is 30.6 Å². The number of aliphatic hydroxyl groups is 1. The summed E-state index contributed by atoms with van der Waals surface area (Å²) in [6, 6.07) is 3.83. The molecule has 0 heterocycles. The van der Waals surface area contributed by atoms with Crippen LogP contribution in [-0.4, -0.2) is 33.4 Å². The van der Waals surface area contributed by atoms with Gasteiger partial charge in [0.05, 0.1) is 6.10 Å². The van der Waals surface area contributed by atoms with E-state index in [1.807, 2.05) is 13.8 Å². The standard InChI is InChI=1S/C13H17NO4/c1-13(2)10(6-11(13)17)14-12(18)7-3-4-8(15)9(16)5-7/h3-5,10-11,15-17H,6H2,1-2H3,(H,14,18). The number of benzene rings is 1. The number of aliphatic hydroxyl groups excluding tert-OH is 1. The van der Waals surface area contributed by atoms with E-state index in [4.69, 9.17) is 5.11 Å². The third-order valence-electron chi connectivity index (χ3n) is 3.76. The number of rotatable bonds is 2. The molecule has 5 nitrogen and oxygen atoms in total. The first-order chi connectivity index (χ1) is 8.32. The third-order valence-corrected chi connectivity index (χ3v) is 3.76. The maximum atomic E-state index is 11.9. The summed E-state index contributed by atoms with van der Waals surface area (Å²) >= 11 is 0. The summed E-state index contributed by atoms with van der Waals surface area (Å²) in [5, 5.41) is 30.9. The molecule has 1 aromatic rings. The summed E-state index contributed by atoms with van der Waals surface area (Å²) in [5.74, 6) is -0.906. The van der Waals surface area contributed by atoms with Gasteiger partial charge in [-0.15, -0.1) is 0 Å². The fourth-order valence-electron chi connectivity index (χ4n) is 2.05. The lowest BCUT2D eigenvalue weighted by Gasteiger charge is -2.49. The molecule has 98 valence electrons. The van der Waals surface area contributed by atoms with Crippen molar-refractivity contribution in [1.29, 1.82) is 0 Å². The Morgan fingerprint density at radius 2 is 2.00 bits per heavy atom. The first kappa shape index (κ1) is 12.7. The molecule has 2 rings (SSSR count). The summed E-state index contributed by atoms with van der Waals surface area (Å²) in [6.07, 6.45) is 0.124. The lowest BCUT2D eigenvalue weighted by Crippen LogP contribution is -2.61. The van der Waals surface area contributed by atoms with Crippen molar-refractivity contribution < 1.29 is 20.1 Å². The summed E-state index contributed by atoms with van der Waals surface area (Å²) in [7, 11) is 0. The molecule has 1 amide bonds. The van der Waals surface area contributed by atoms with Crippen LogP contribution >= 0.6 is 0 Å². The normalized spacial score (nSPS) is 25.3. The maximum absolute atomic E-state index is 11.9. The molecule has 5 heteroatoms. The van der Waals surface area contributed by atoms with Gasteiger partial charge in [-0.05, 0) is 24.6 Å². The highest BCUT2D eigenvalue weighted by molar-refractivity contribution is 5.95. The van der Waals surface area contributed by atoms with Crippen LogP contribution in [0.5, 0.6) is 11.5 Å². The Morgan fingerprint density at radius 3 is 2.50 bits per heavy atom.